The first kappa shape index (κ1) is 28.4. The second kappa shape index (κ2) is 14.0. The van der Waals surface area contributed by atoms with Crippen LogP contribution in [-0.2, 0) is 24.2 Å². The Kier molecular flexibility index (Phi) is 10.2. The third-order valence-electron chi connectivity index (χ3n) is 6.22. The quantitative estimate of drug-likeness (QED) is 0.184. The highest BCUT2D eigenvalue weighted by Gasteiger charge is 2.29. The average Bonchev–Trinajstić information content (AvgIpc) is 3.45. The predicted octanol–water partition coefficient (Wildman–Crippen LogP) is 4.36. The zero-order valence-electron chi connectivity index (χ0n) is 21.5. The number of aromatic amines is 1. The van der Waals surface area contributed by atoms with Gasteiger partial charge in [0.15, 0.2) is 5.16 Å². The largest absolute Gasteiger partial charge is 0.390 e. The first-order valence-corrected chi connectivity index (χ1v) is 13.6. The van der Waals surface area contributed by atoms with Gasteiger partial charge in [-0.2, -0.15) is 5.10 Å². The van der Waals surface area contributed by atoms with E-state index in [2.05, 4.69) is 44.9 Å². The van der Waals surface area contributed by atoms with Crippen molar-refractivity contribution >= 4 is 17.7 Å². The SMILES string of the molecule is CCc1cccc(CNC[C@@H](O)[C@H](Cc2cc(F)cc(F)c2)NC(=O)C(Sc2ncn[nH]2)c2ccccc2)c1. The monoisotopic (exact) mass is 551 g/mol. The number of hydrogen-bond acceptors (Lipinski definition) is 6. The van der Waals surface area contributed by atoms with Crippen molar-refractivity contribution in [2.45, 2.75) is 48.9 Å². The van der Waals surface area contributed by atoms with E-state index in [9.17, 15) is 18.7 Å². The van der Waals surface area contributed by atoms with Crippen LogP contribution < -0.4 is 10.6 Å². The molecule has 10 heteroatoms. The topological polar surface area (TPSA) is 103 Å². The minimum Gasteiger partial charge on any atom is -0.390 e. The van der Waals surface area contributed by atoms with Crippen LogP contribution in [0.25, 0.3) is 0 Å². The van der Waals surface area contributed by atoms with E-state index in [4.69, 9.17) is 0 Å². The molecule has 0 saturated carbocycles. The summed E-state index contributed by atoms with van der Waals surface area (Å²) in [5.74, 6) is -1.82. The van der Waals surface area contributed by atoms with Gasteiger partial charge in [-0.25, -0.2) is 13.8 Å². The standard InChI is InChI=1S/C29H31F2N5O2S/c1-2-19-7-6-8-20(11-19)16-32-17-26(37)25(14-21-12-23(30)15-24(31)13-21)35-28(38)27(22-9-4-3-5-10-22)39-29-33-18-34-36-29/h3-13,15,18,25-27,32,37H,2,14,16-17H2,1H3,(H,35,38)(H,33,34,36)/t25-,26+,27?/m0/s1. The van der Waals surface area contributed by atoms with Crippen molar-refractivity contribution in [2.24, 2.45) is 0 Å². The number of aliphatic hydroxyl groups is 1. The van der Waals surface area contributed by atoms with Crippen molar-refractivity contribution in [3.05, 3.63) is 113 Å². The number of aliphatic hydroxyl groups excluding tert-OH is 1. The molecule has 1 unspecified atom stereocenters. The predicted molar refractivity (Wildman–Crippen MR) is 147 cm³/mol. The summed E-state index contributed by atoms with van der Waals surface area (Å²) in [5, 5.41) is 23.7. The second-order valence-electron chi connectivity index (χ2n) is 9.17. The number of rotatable bonds is 13. The smallest absolute Gasteiger partial charge is 0.238 e. The molecule has 7 nitrogen and oxygen atoms in total. The maximum Gasteiger partial charge on any atom is 0.238 e. The Morgan fingerprint density at radius 3 is 2.44 bits per heavy atom. The van der Waals surface area contributed by atoms with Crippen molar-refractivity contribution in [2.75, 3.05) is 6.54 Å². The highest BCUT2D eigenvalue weighted by Crippen LogP contribution is 2.33. The molecule has 3 aromatic carbocycles. The molecule has 1 heterocycles. The highest BCUT2D eigenvalue weighted by atomic mass is 32.2. The van der Waals surface area contributed by atoms with Gasteiger partial charge in [0.25, 0.3) is 0 Å². The van der Waals surface area contributed by atoms with Crippen molar-refractivity contribution in [3.8, 4) is 0 Å². The van der Waals surface area contributed by atoms with Crippen molar-refractivity contribution < 1.29 is 18.7 Å². The van der Waals surface area contributed by atoms with E-state index in [1.165, 1.54) is 35.8 Å². The number of aromatic nitrogens is 3. The van der Waals surface area contributed by atoms with Gasteiger partial charge in [-0.1, -0.05) is 73.3 Å². The number of thioether (sulfide) groups is 1. The molecule has 1 aromatic heterocycles. The molecule has 0 aliphatic heterocycles. The van der Waals surface area contributed by atoms with Gasteiger partial charge in [0.05, 0.1) is 12.1 Å². The molecule has 4 N–H and O–H groups in total. The minimum absolute atomic E-state index is 0.0308. The lowest BCUT2D eigenvalue weighted by atomic mass is 10.00. The Bertz CT molecular complexity index is 1320. The second-order valence-corrected chi connectivity index (χ2v) is 10.3. The van der Waals surface area contributed by atoms with Gasteiger partial charge in [0.1, 0.15) is 23.2 Å². The molecule has 0 fully saturated rings. The van der Waals surface area contributed by atoms with Crippen LogP contribution in [0.5, 0.6) is 0 Å². The number of hydrogen-bond donors (Lipinski definition) is 4. The molecule has 0 spiro atoms. The number of H-pyrrole nitrogens is 1. The van der Waals surface area contributed by atoms with Crippen LogP contribution in [0.15, 0.2) is 84.3 Å². The molecular weight excluding hydrogens is 520 g/mol. The molecule has 0 radical (unpaired) electrons. The molecule has 0 aliphatic carbocycles. The number of halogens is 2. The third-order valence-corrected chi connectivity index (χ3v) is 7.36. The van der Waals surface area contributed by atoms with Crippen LogP contribution >= 0.6 is 11.8 Å². The zero-order valence-corrected chi connectivity index (χ0v) is 22.3. The van der Waals surface area contributed by atoms with Gasteiger partial charge in [0, 0.05) is 19.2 Å². The fourth-order valence-corrected chi connectivity index (χ4v) is 5.16. The van der Waals surface area contributed by atoms with E-state index in [1.54, 1.807) is 0 Å². The molecule has 0 saturated heterocycles. The Labute approximate surface area is 230 Å². The Hall–Kier alpha value is -3.60. The molecule has 1 amide bonds. The van der Waals surface area contributed by atoms with Gasteiger partial charge in [-0.05, 0) is 47.2 Å². The lowest BCUT2D eigenvalue weighted by Gasteiger charge is -2.27. The summed E-state index contributed by atoms with van der Waals surface area (Å²) in [4.78, 5) is 17.7. The Morgan fingerprint density at radius 2 is 1.74 bits per heavy atom. The van der Waals surface area contributed by atoms with E-state index in [0.29, 0.717) is 17.3 Å². The summed E-state index contributed by atoms with van der Waals surface area (Å²) in [7, 11) is 0. The zero-order chi connectivity index (χ0) is 27.6. The fourth-order valence-electron chi connectivity index (χ4n) is 4.25. The van der Waals surface area contributed by atoms with E-state index >= 15 is 0 Å². The summed E-state index contributed by atoms with van der Waals surface area (Å²) in [6, 6.07) is 19.7. The minimum atomic E-state index is -1.04. The van der Waals surface area contributed by atoms with Crippen LogP contribution in [0, 0.1) is 11.6 Å². The van der Waals surface area contributed by atoms with Gasteiger partial charge in [0.2, 0.25) is 5.91 Å². The average molecular weight is 552 g/mol. The third kappa shape index (κ3) is 8.44. The van der Waals surface area contributed by atoms with Gasteiger partial charge in [-0.15, -0.1) is 0 Å². The lowest BCUT2D eigenvalue weighted by Crippen LogP contribution is -2.49. The maximum absolute atomic E-state index is 13.9. The van der Waals surface area contributed by atoms with Gasteiger partial charge >= 0.3 is 0 Å². The molecular formula is C29H31F2N5O2S. The summed E-state index contributed by atoms with van der Waals surface area (Å²) in [6.45, 7) is 2.76. The molecule has 3 atom stereocenters. The number of carbonyl (C=O) groups excluding carboxylic acids is 1. The Morgan fingerprint density at radius 1 is 1.00 bits per heavy atom. The van der Waals surface area contributed by atoms with Crippen LogP contribution in [-0.4, -0.2) is 44.9 Å². The number of aryl methyl sites for hydroxylation is 1. The van der Waals surface area contributed by atoms with Crippen LogP contribution in [0.2, 0.25) is 0 Å². The summed E-state index contributed by atoms with van der Waals surface area (Å²) >= 11 is 1.18. The van der Waals surface area contributed by atoms with Crippen LogP contribution in [0.3, 0.4) is 0 Å². The van der Waals surface area contributed by atoms with Crippen molar-refractivity contribution in [3.63, 3.8) is 0 Å². The van der Waals surface area contributed by atoms with Crippen molar-refractivity contribution in [1.82, 2.24) is 25.8 Å². The molecule has 4 rings (SSSR count). The Balaban J connectivity index is 1.51. The van der Waals surface area contributed by atoms with E-state index in [-0.39, 0.29) is 18.9 Å². The summed E-state index contributed by atoms with van der Waals surface area (Å²) in [5.41, 5.74) is 3.34. The number of carbonyl (C=O) groups is 1. The highest BCUT2D eigenvalue weighted by molar-refractivity contribution is 8.00. The molecule has 4 aromatic rings. The first-order valence-electron chi connectivity index (χ1n) is 12.7. The molecule has 204 valence electrons. The number of nitrogens with zero attached hydrogens (tertiary/aromatic N) is 2. The van der Waals surface area contributed by atoms with Crippen LogP contribution in [0.4, 0.5) is 8.78 Å². The molecule has 0 bridgehead atoms. The number of nitrogens with one attached hydrogen (secondary N) is 3. The van der Waals surface area contributed by atoms with Gasteiger partial charge < -0.3 is 15.7 Å². The first-order chi connectivity index (χ1) is 18.9. The van der Waals surface area contributed by atoms with E-state index < -0.39 is 29.0 Å². The normalized spacial score (nSPS) is 13.5. The van der Waals surface area contributed by atoms with E-state index in [0.717, 1.165) is 23.6 Å². The number of amides is 1. The molecule has 39 heavy (non-hydrogen) atoms. The van der Waals surface area contributed by atoms with Crippen molar-refractivity contribution in [1.29, 1.82) is 0 Å². The number of benzene rings is 3. The fraction of sp³-hybridized carbons (Fsp3) is 0.276. The molecule has 0 aliphatic rings. The summed E-state index contributed by atoms with van der Waals surface area (Å²) < 4.78 is 27.9. The van der Waals surface area contributed by atoms with E-state index in [1.807, 2.05) is 42.5 Å². The maximum atomic E-state index is 13.9. The van der Waals surface area contributed by atoms with Gasteiger partial charge in [-0.3, -0.25) is 9.89 Å². The summed E-state index contributed by atoms with van der Waals surface area (Å²) in [6.07, 6.45) is 1.27. The lowest BCUT2D eigenvalue weighted by molar-refractivity contribution is -0.122. The van der Waals surface area contributed by atoms with Crippen LogP contribution in [0.1, 0.15) is 34.4 Å².